The molecule has 1 N–H and O–H groups in total. The number of nitrogens with zero attached hydrogens (tertiary/aromatic N) is 3. The van der Waals surface area contributed by atoms with E-state index in [9.17, 15) is 0 Å². The Morgan fingerprint density at radius 3 is 2.41 bits per heavy atom. The number of likely N-dealkylation sites (tertiary alicyclic amines) is 2. The molecule has 0 aromatic carbocycles. The molecule has 0 saturated carbocycles. The molecule has 0 radical (unpaired) electrons. The maximum atomic E-state index is 5.69. The van der Waals surface area contributed by atoms with Gasteiger partial charge in [0.1, 0.15) is 0 Å². The van der Waals surface area contributed by atoms with Crippen LogP contribution in [0.15, 0.2) is 4.99 Å². The Morgan fingerprint density at radius 1 is 1.15 bits per heavy atom. The highest BCUT2D eigenvalue weighted by atomic mass is 127. The number of hydrogen-bond acceptors (Lipinski definition) is 3. The van der Waals surface area contributed by atoms with Crippen molar-refractivity contribution in [3.63, 3.8) is 0 Å². The first-order valence-electron chi connectivity index (χ1n) is 11.0. The molecule has 1 unspecified atom stereocenters. The molecule has 0 aromatic heterocycles. The third-order valence-electron chi connectivity index (χ3n) is 7.23. The Kier molecular flexibility index (Phi) is 9.62. The van der Waals surface area contributed by atoms with Gasteiger partial charge in [-0.2, -0.15) is 0 Å². The average molecular weight is 492 g/mol. The molecule has 0 amide bonds. The number of ether oxygens (including phenoxy) is 1. The van der Waals surface area contributed by atoms with Gasteiger partial charge in [0.2, 0.25) is 0 Å². The van der Waals surface area contributed by atoms with Gasteiger partial charge in [-0.1, -0.05) is 26.7 Å². The molecule has 0 spiro atoms. The van der Waals surface area contributed by atoms with Crippen LogP contribution in [0.3, 0.4) is 0 Å². The van der Waals surface area contributed by atoms with E-state index in [2.05, 4.69) is 34.0 Å². The van der Waals surface area contributed by atoms with E-state index < -0.39 is 0 Å². The van der Waals surface area contributed by atoms with Crippen molar-refractivity contribution in [1.82, 2.24) is 15.1 Å². The lowest BCUT2D eigenvalue weighted by atomic mass is 9.87. The standard InChI is InChI=1S/C21H40N4O.HI/c1-4-18(5-2)19-8-13-24(16-19)20(22-3)23-17-21(9-14-26-15-10-21)25-11-6-7-12-25;/h18-19H,4-17H2,1-3H3,(H,22,23);1H. The molecule has 0 bridgehead atoms. The quantitative estimate of drug-likeness (QED) is 0.350. The minimum Gasteiger partial charge on any atom is -0.381 e. The molecule has 3 fully saturated rings. The molecule has 0 aliphatic carbocycles. The van der Waals surface area contributed by atoms with Gasteiger partial charge in [-0.25, -0.2) is 0 Å². The molecule has 3 rings (SSSR count). The van der Waals surface area contributed by atoms with Crippen LogP contribution in [0.5, 0.6) is 0 Å². The van der Waals surface area contributed by atoms with E-state index in [0.717, 1.165) is 56.9 Å². The van der Waals surface area contributed by atoms with Crippen molar-refractivity contribution < 1.29 is 4.74 Å². The van der Waals surface area contributed by atoms with Crippen LogP contribution in [0.1, 0.15) is 58.8 Å². The summed E-state index contributed by atoms with van der Waals surface area (Å²) in [6.07, 6.45) is 8.91. The van der Waals surface area contributed by atoms with Crippen molar-refractivity contribution in [1.29, 1.82) is 0 Å². The lowest BCUT2D eigenvalue weighted by Crippen LogP contribution is -2.58. The van der Waals surface area contributed by atoms with Crippen LogP contribution in [-0.2, 0) is 4.74 Å². The number of halogens is 1. The Bertz CT molecular complexity index is 457. The average Bonchev–Trinajstić information content (AvgIpc) is 3.37. The number of rotatable bonds is 6. The number of nitrogens with one attached hydrogen (secondary N) is 1. The summed E-state index contributed by atoms with van der Waals surface area (Å²) in [4.78, 5) is 9.87. The van der Waals surface area contributed by atoms with Gasteiger partial charge < -0.3 is 15.0 Å². The Hall–Kier alpha value is -0.0800. The molecule has 0 aromatic rings. The predicted molar refractivity (Wildman–Crippen MR) is 124 cm³/mol. The molecule has 6 heteroatoms. The molecule has 3 aliphatic rings. The van der Waals surface area contributed by atoms with Gasteiger partial charge in [0.05, 0.1) is 0 Å². The second-order valence-electron chi connectivity index (χ2n) is 8.50. The second kappa shape index (κ2) is 11.2. The van der Waals surface area contributed by atoms with Crippen LogP contribution in [0.4, 0.5) is 0 Å². The highest BCUT2D eigenvalue weighted by Crippen LogP contribution is 2.32. The van der Waals surface area contributed by atoms with Gasteiger partial charge in [0.25, 0.3) is 0 Å². The van der Waals surface area contributed by atoms with Gasteiger partial charge in [-0.15, -0.1) is 24.0 Å². The normalized spacial score (nSPS) is 26.4. The van der Waals surface area contributed by atoms with Crippen molar-refractivity contribution in [2.24, 2.45) is 16.8 Å². The number of guanidine groups is 1. The summed E-state index contributed by atoms with van der Waals surface area (Å²) in [5, 5.41) is 3.77. The van der Waals surface area contributed by atoms with Crippen LogP contribution in [-0.4, -0.2) is 74.3 Å². The molecule has 1 atom stereocenters. The van der Waals surface area contributed by atoms with E-state index in [4.69, 9.17) is 4.74 Å². The Labute approximate surface area is 183 Å². The third kappa shape index (κ3) is 5.50. The fourth-order valence-electron chi connectivity index (χ4n) is 5.44. The Balaban J connectivity index is 0.00000261. The second-order valence-corrected chi connectivity index (χ2v) is 8.50. The summed E-state index contributed by atoms with van der Waals surface area (Å²) in [5.74, 6) is 2.81. The largest absolute Gasteiger partial charge is 0.381 e. The van der Waals surface area contributed by atoms with E-state index in [1.165, 1.54) is 51.7 Å². The first-order valence-corrected chi connectivity index (χ1v) is 11.0. The van der Waals surface area contributed by atoms with E-state index in [1.54, 1.807) is 0 Å². The maximum absolute atomic E-state index is 5.69. The first-order chi connectivity index (χ1) is 12.7. The minimum atomic E-state index is 0. The van der Waals surface area contributed by atoms with Gasteiger partial charge in [0, 0.05) is 45.4 Å². The summed E-state index contributed by atoms with van der Waals surface area (Å²) in [6, 6.07) is 0. The van der Waals surface area contributed by atoms with Crippen molar-refractivity contribution in [3.8, 4) is 0 Å². The van der Waals surface area contributed by atoms with Gasteiger partial charge in [-0.3, -0.25) is 9.89 Å². The number of aliphatic imine (C=N–C) groups is 1. The monoisotopic (exact) mass is 492 g/mol. The van der Waals surface area contributed by atoms with Crippen LogP contribution >= 0.6 is 24.0 Å². The number of hydrogen-bond donors (Lipinski definition) is 1. The zero-order valence-corrected chi connectivity index (χ0v) is 20.0. The third-order valence-corrected chi connectivity index (χ3v) is 7.23. The van der Waals surface area contributed by atoms with Crippen LogP contribution < -0.4 is 5.32 Å². The molecule has 158 valence electrons. The first kappa shape index (κ1) is 23.2. The molecular formula is C21H41IN4O. The van der Waals surface area contributed by atoms with Crippen molar-refractivity contribution in [2.45, 2.75) is 64.3 Å². The summed E-state index contributed by atoms with van der Waals surface area (Å²) >= 11 is 0. The smallest absolute Gasteiger partial charge is 0.193 e. The Morgan fingerprint density at radius 2 is 1.81 bits per heavy atom. The maximum Gasteiger partial charge on any atom is 0.193 e. The van der Waals surface area contributed by atoms with Crippen LogP contribution in [0, 0.1) is 11.8 Å². The van der Waals surface area contributed by atoms with Crippen molar-refractivity contribution in [2.75, 3.05) is 53.0 Å². The van der Waals surface area contributed by atoms with E-state index >= 15 is 0 Å². The SMILES string of the molecule is CCC(CC)C1CCN(C(=NC)NCC2(N3CCCC3)CCOCC2)C1.I. The summed E-state index contributed by atoms with van der Waals surface area (Å²) < 4.78 is 5.69. The molecule has 3 saturated heterocycles. The van der Waals surface area contributed by atoms with Crippen LogP contribution in [0.25, 0.3) is 0 Å². The van der Waals surface area contributed by atoms with Gasteiger partial charge >= 0.3 is 0 Å². The lowest BCUT2D eigenvalue weighted by molar-refractivity contribution is -0.0166. The highest BCUT2D eigenvalue weighted by molar-refractivity contribution is 14.0. The van der Waals surface area contributed by atoms with Gasteiger partial charge in [0.15, 0.2) is 5.96 Å². The molecule has 27 heavy (non-hydrogen) atoms. The van der Waals surface area contributed by atoms with E-state index in [-0.39, 0.29) is 29.5 Å². The van der Waals surface area contributed by atoms with Crippen molar-refractivity contribution >= 4 is 29.9 Å². The summed E-state index contributed by atoms with van der Waals surface area (Å²) in [5.41, 5.74) is 0.263. The fraction of sp³-hybridized carbons (Fsp3) is 0.952. The predicted octanol–water partition coefficient (Wildman–Crippen LogP) is 3.58. The van der Waals surface area contributed by atoms with E-state index in [0.29, 0.717) is 0 Å². The molecule has 3 heterocycles. The highest BCUT2D eigenvalue weighted by Gasteiger charge is 2.40. The lowest BCUT2D eigenvalue weighted by Gasteiger charge is -2.45. The zero-order chi connectivity index (χ0) is 18.4. The fourth-order valence-corrected chi connectivity index (χ4v) is 5.44. The summed E-state index contributed by atoms with van der Waals surface area (Å²) in [7, 11) is 1.94. The molecular weight excluding hydrogens is 451 g/mol. The minimum absolute atomic E-state index is 0. The van der Waals surface area contributed by atoms with Crippen LogP contribution in [0.2, 0.25) is 0 Å². The molecule has 5 nitrogen and oxygen atoms in total. The summed E-state index contributed by atoms with van der Waals surface area (Å²) in [6.45, 7) is 12.3. The zero-order valence-electron chi connectivity index (χ0n) is 17.7. The van der Waals surface area contributed by atoms with Gasteiger partial charge in [-0.05, 0) is 57.0 Å². The molecule has 3 aliphatic heterocycles. The topological polar surface area (TPSA) is 40.1 Å². The van der Waals surface area contributed by atoms with E-state index in [1.807, 2.05) is 7.05 Å². The van der Waals surface area contributed by atoms with Crippen molar-refractivity contribution in [3.05, 3.63) is 0 Å².